The molecule has 0 spiro atoms. The summed E-state index contributed by atoms with van der Waals surface area (Å²) in [6.45, 7) is 0. The maximum absolute atomic E-state index is 12.4. The molecule has 4 rings (SSSR count). The van der Waals surface area contributed by atoms with E-state index in [1.807, 2.05) is 53.2 Å². The summed E-state index contributed by atoms with van der Waals surface area (Å²) in [7, 11) is 0. The molecule has 5 nitrogen and oxygen atoms in total. The fourth-order valence-electron chi connectivity index (χ4n) is 3.16. The number of hydrogen-bond donors (Lipinski definition) is 1. The number of ether oxygens (including phenoxy) is 1. The Bertz CT molecular complexity index is 873. The number of carbonyl (C=O) groups excluding carboxylic acids is 1. The average Bonchev–Trinajstić information content (AvgIpc) is 3.02. The molecule has 0 unspecified atom stereocenters. The molecule has 5 heteroatoms. The Labute approximate surface area is 146 Å². The van der Waals surface area contributed by atoms with Crippen LogP contribution in [0.4, 0.5) is 10.6 Å². The molecule has 1 aliphatic carbocycles. The van der Waals surface area contributed by atoms with Crippen LogP contribution in [-0.2, 0) is 12.8 Å². The number of amides is 1. The molecule has 1 aliphatic rings. The van der Waals surface area contributed by atoms with Crippen LogP contribution in [0, 0.1) is 0 Å². The van der Waals surface area contributed by atoms with E-state index in [0.717, 1.165) is 42.6 Å². The van der Waals surface area contributed by atoms with Crippen LogP contribution in [0.2, 0.25) is 0 Å². The molecular weight excluding hydrogens is 314 g/mol. The summed E-state index contributed by atoms with van der Waals surface area (Å²) in [4.78, 5) is 12.4. The standard InChI is InChI=1S/C20H19N3O2/c24-20(25-16-11-5-2-6-12-16)21-19-17-13-7-8-14-18(17)22-23(19)15-9-3-1-4-10-15/h1-6,9-12H,7-8,13-14H2,(H,21,24). The molecular formula is C20H19N3O2. The lowest BCUT2D eigenvalue weighted by Gasteiger charge is -2.13. The van der Waals surface area contributed by atoms with E-state index in [-0.39, 0.29) is 0 Å². The van der Waals surface area contributed by atoms with Crippen LogP contribution in [0.25, 0.3) is 5.69 Å². The highest BCUT2D eigenvalue weighted by atomic mass is 16.6. The lowest BCUT2D eigenvalue weighted by Crippen LogP contribution is -2.20. The maximum atomic E-state index is 12.4. The predicted octanol–water partition coefficient (Wildman–Crippen LogP) is 4.36. The fourth-order valence-corrected chi connectivity index (χ4v) is 3.16. The normalized spacial score (nSPS) is 13.1. The van der Waals surface area contributed by atoms with Crippen molar-refractivity contribution in [3.05, 3.63) is 71.9 Å². The van der Waals surface area contributed by atoms with Crippen molar-refractivity contribution in [3.8, 4) is 11.4 Å². The number of aromatic nitrogens is 2. The highest BCUT2D eigenvalue weighted by Crippen LogP contribution is 2.30. The molecule has 0 saturated heterocycles. The van der Waals surface area contributed by atoms with E-state index < -0.39 is 6.09 Å². The molecule has 1 heterocycles. The lowest BCUT2D eigenvalue weighted by molar-refractivity contribution is 0.215. The van der Waals surface area contributed by atoms with Crippen LogP contribution in [0.3, 0.4) is 0 Å². The number of carbonyl (C=O) groups is 1. The van der Waals surface area contributed by atoms with Crippen molar-refractivity contribution in [2.45, 2.75) is 25.7 Å². The van der Waals surface area contributed by atoms with E-state index in [1.165, 1.54) is 0 Å². The molecule has 25 heavy (non-hydrogen) atoms. The fraction of sp³-hybridized carbons (Fsp3) is 0.200. The van der Waals surface area contributed by atoms with Gasteiger partial charge in [-0.1, -0.05) is 36.4 Å². The van der Waals surface area contributed by atoms with E-state index in [2.05, 4.69) is 5.32 Å². The van der Waals surface area contributed by atoms with Crippen LogP contribution >= 0.6 is 0 Å². The van der Waals surface area contributed by atoms with Crippen LogP contribution in [0.15, 0.2) is 60.7 Å². The van der Waals surface area contributed by atoms with Crippen molar-refractivity contribution in [2.75, 3.05) is 5.32 Å². The molecule has 0 bridgehead atoms. The van der Waals surface area contributed by atoms with Crippen molar-refractivity contribution in [3.63, 3.8) is 0 Å². The Kier molecular flexibility index (Phi) is 4.21. The average molecular weight is 333 g/mol. The predicted molar refractivity (Wildman–Crippen MR) is 96.3 cm³/mol. The van der Waals surface area contributed by atoms with Gasteiger partial charge < -0.3 is 4.74 Å². The third-order valence-electron chi connectivity index (χ3n) is 4.33. The second-order valence-corrected chi connectivity index (χ2v) is 6.06. The third kappa shape index (κ3) is 3.26. The number of para-hydroxylation sites is 2. The number of benzene rings is 2. The molecule has 0 aliphatic heterocycles. The minimum absolute atomic E-state index is 0.503. The molecule has 1 amide bonds. The molecule has 1 aromatic heterocycles. The van der Waals surface area contributed by atoms with Gasteiger partial charge >= 0.3 is 6.09 Å². The SMILES string of the molecule is O=C(Nc1c2c(nn1-c1ccccc1)CCCC2)Oc1ccccc1. The Morgan fingerprint density at radius 1 is 0.960 bits per heavy atom. The van der Waals surface area contributed by atoms with E-state index in [9.17, 15) is 4.79 Å². The number of hydrogen-bond acceptors (Lipinski definition) is 3. The Balaban J connectivity index is 1.65. The van der Waals surface area contributed by atoms with E-state index >= 15 is 0 Å². The van der Waals surface area contributed by atoms with Crippen LogP contribution in [-0.4, -0.2) is 15.9 Å². The number of nitrogens with one attached hydrogen (secondary N) is 1. The van der Waals surface area contributed by atoms with Gasteiger partial charge in [0.2, 0.25) is 0 Å². The Hall–Kier alpha value is -3.08. The summed E-state index contributed by atoms with van der Waals surface area (Å²) in [5, 5.41) is 7.63. The Morgan fingerprint density at radius 2 is 1.64 bits per heavy atom. The van der Waals surface area contributed by atoms with E-state index in [4.69, 9.17) is 9.84 Å². The lowest BCUT2D eigenvalue weighted by atomic mass is 9.97. The second kappa shape index (κ2) is 6.81. The monoisotopic (exact) mass is 333 g/mol. The molecule has 0 atom stereocenters. The largest absolute Gasteiger partial charge is 0.418 e. The number of rotatable bonds is 3. The van der Waals surface area contributed by atoms with Crippen molar-refractivity contribution in [1.29, 1.82) is 0 Å². The summed E-state index contributed by atoms with van der Waals surface area (Å²) in [6.07, 6.45) is 3.60. The number of anilines is 1. The van der Waals surface area contributed by atoms with Gasteiger partial charge in [-0.25, -0.2) is 9.48 Å². The quantitative estimate of drug-likeness (QED) is 0.775. The first-order chi connectivity index (χ1) is 12.3. The van der Waals surface area contributed by atoms with Crippen LogP contribution < -0.4 is 10.1 Å². The van der Waals surface area contributed by atoms with Crippen LogP contribution in [0.5, 0.6) is 5.75 Å². The maximum Gasteiger partial charge on any atom is 0.418 e. The number of aryl methyl sites for hydroxylation is 1. The third-order valence-corrected chi connectivity index (χ3v) is 4.33. The first-order valence-electron chi connectivity index (χ1n) is 8.51. The zero-order chi connectivity index (χ0) is 17.1. The number of nitrogens with zero attached hydrogens (tertiary/aromatic N) is 2. The van der Waals surface area contributed by atoms with Gasteiger partial charge in [0, 0.05) is 5.56 Å². The van der Waals surface area contributed by atoms with Gasteiger partial charge in [-0.15, -0.1) is 0 Å². The Morgan fingerprint density at radius 3 is 2.40 bits per heavy atom. The minimum Gasteiger partial charge on any atom is -0.410 e. The topological polar surface area (TPSA) is 56.2 Å². The first-order valence-corrected chi connectivity index (χ1v) is 8.51. The summed E-state index contributed by atoms with van der Waals surface area (Å²) in [5.41, 5.74) is 3.09. The van der Waals surface area contributed by atoms with Gasteiger partial charge in [0.15, 0.2) is 0 Å². The zero-order valence-electron chi connectivity index (χ0n) is 13.8. The molecule has 3 aromatic rings. The molecule has 126 valence electrons. The van der Waals surface area contributed by atoms with Gasteiger partial charge in [-0.05, 0) is 49.9 Å². The summed E-state index contributed by atoms with van der Waals surface area (Å²) in [5.74, 6) is 1.22. The summed E-state index contributed by atoms with van der Waals surface area (Å²) >= 11 is 0. The molecule has 0 saturated carbocycles. The van der Waals surface area contributed by atoms with Gasteiger partial charge in [-0.2, -0.15) is 5.10 Å². The highest BCUT2D eigenvalue weighted by Gasteiger charge is 2.23. The number of fused-ring (bicyclic) bond motifs is 1. The molecule has 0 fully saturated rings. The van der Waals surface area contributed by atoms with Crippen molar-refractivity contribution < 1.29 is 9.53 Å². The van der Waals surface area contributed by atoms with Gasteiger partial charge in [0.25, 0.3) is 0 Å². The van der Waals surface area contributed by atoms with Crippen molar-refractivity contribution in [2.24, 2.45) is 0 Å². The summed E-state index contributed by atoms with van der Waals surface area (Å²) < 4.78 is 7.19. The summed E-state index contributed by atoms with van der Waals surface area (Å²) in [6, 6.07) is 18.9. The van der Waals surface area contributed by atoms with Gasteiger partial charge in [-0.3, -0.25) is 5.32 Å². The molecule has 1 N–H and O–H groups in total. The minimum atomic E-state index is -0.503. The second-order valence-electron chi connectivity index (χ2n) is 6.06. The van der Waals surface area contributed by atoms with Crippen molar-refractivity contribution >= 4 is 11.9 Å². The highest BCUT2D eigenvalue weighted by molar-refractivity contribution is 5.87. The van der Waals surface area contributed by atoms with E-state index in [1.54, 1.807) is 12.1 Å². The van der Waals surface area contributed by atoms with Crippen LogP contribution in [0.1, 0.15) is 24.1 Å². The zero-order valence-corrected chi connectivity index (χ0v) is 13.8. The first kappa shape index (κ1) is 15.4. The molecule has 2 aromatic carbocycles. The molecule has 0 radical (unpaired) electrons. The van der Waals surface area contributed by atoms with Gasteiger partial charge in [0.05, 0.1) is 11.4 Å². The smallest absolute Gasteiger partial charge is 0.410 e. The van der Waals surface area contributed by atoms with E-state index in [0.29, 0.717) is 11.6 Å². The van der Waals surface area contributed by atoms with Gasteiger partial charge in [0.1, 0.15) is 11.6 Å². The van der Waals surface area contributed by atoms with Crippen molar-refractivity contribution in [1.82, 2.24) is 9.78 Å².